The number of para-hydroxylation sites is 1. The zero-order valence-corrected chi connectivity index (χ0v) is 11.3. The zero-order valence-electron chi connectivity index (χ0n) is 11.3. The molecule has 1 unspecified atom stereocenters. The van der Waals surface area contributed by atoms with Crippen molar-refractivity contribution in [1.29, 1.82) is 0 Å². The topological polar surface area (TPSA) is 86.0 Å². The van der Waals surface area contributed by atoms with Crippen molar-refractivity contribution < 1.29 is 17.9 Å². The second-order valence-electron chi connectivity index (χ2n) is 4.74. The van der Waals surface area contributed by atoms with Gasteiger partial charge in [-0.25, -0.2) is 0 Å². The highest BCUT2D eigenvalue weighted by Gasteiger charge is 2.37. The summed E-state index contributed by atoms with van der Waals surface area (Å²) in [6, 6.07) is 7.21. The Morgan fingerprint density at radius 3 is 2.73 bits per heavy atom. The molecule has 1 aliphatic heterocycles. The van der Waals surface area contributed by atoms with Crippen LogP contribution in [0.1, 0.15) is 23.7 Å². The second kappa shape index (κ2) is 5.32. The third-order valence-corrected chi connectivity index (χ3v) is 3.24. The monoisotopic (exact) mass is 311 g/mol. The lowest BCUT2D eigenvalue weighted by molar-refractivity contribution is -0.141. The van der Waals surface area contributed by atoms with Crippen molar-refractivity contribution in [3.8, 4) is 5.75 Å². The normalized spacial score (nSPS) is 17.5. The van der Waals surface area contributed by atoms with Crippen LogP contribution in [0.25, 0.3) is 0 Å². The van der Waals surface area contributed by atoms with Gasteiger partial charge in [0.25, 0.3) is 0 Å². The first-order chi connectivity index (χ1) is 10.4. The zero-order chi connectivity index (χ0) is 15.7. The molecular weight excluding hydrogens is 299 g/mol. The summed E-state index contributed by atoms with van der Waals surface area (Å²) in [4.78, 5) is 3.64. The standard InChI is InChI=1S/C13H12F3N5O/c14-13(15,16)10-11(17)19-12(21-20-10)18-8-5-6-22-9-4-2-1-3-7(8)9/h1-4,8H,5-6H2,(H3,17,18,19,21). The number of nitrogen functional groups attached to an aromatic ring is 1. The van der Waals surface area contributed by atoms with Crippen LogP contribution in [0.3, 0.4) is 0 Å². The van der Waals surface area contributed by atoms with Gasteiger partial charge in [-0.1, -0.05) is 18.2 Å². The Bertz CT molecular complexity index is 692. The molecule has 2 aromatic rings. The Morgan fingerprint density at radius 1 is 1.23 bits per heavy atom. The molecule has 3 rings (SSSR count). The van der Waals surface area contributed by atoms with Crippen LogP contribution in [-0.4, -0.2) is 21.8 Å². The summed E-state index contributed by atoms with van der Waals surface area (Å²) in [7, 11) is 0. The molecule has 0 bridgehead atoms. The van der Waals surface area contributed by atoms with E-state index in [-0.39, 0.29) is 12.0 Å². The number of halogens is 3. The molecule has 3 N–H and O–H groups in total. The molecule has 0 radical (unpaired) electrons. The number of rotatable bonds is 2. The molecule has 0 saturated carbocycles. The number of nitrogens with zero attached hydrogens (tertiary/aromatic N) is 3. The van der Waals surface area contributed by atoms with Crippen LogP contribution < -0.4 is 15.8 Å². The first-order valence-electron chi connectivity index (χ1n) is 6.51. The molecule has 0 spiro atoms. The van der Waals surface area contributed by atoms with Gasteiger partial charge in [-0.2, -0.15) is 18.2 Å². The number of aromatic nitrogens is 3. The number of hydrogen-bond acceptors (Lipinski definition) is 6. The van der Waals surface area contributed by atoms with Crippen LogP contribution in [0.4, 0.5) is 24.9 Å². The number of benzene rings is 1. The number of ether oxygens (including phenoxy) is 1. The van der Waals surface area contributed by atoms with Crippen molar-refractivity contribution in [2.24, 2.45) is 0 Å². The van der Waals surface area contributed by atoms with Crippen molar-refractivity contribution >= 4 is 11.8 Å². The highest BCUT2D eigenvalue weighted by atomic mass is 19.4. The molecule has 1 atom stereocenters. The van der Waals surface area contributed by atoms with Gasteiger partial charge in [0.15, 0.2) is 5.82 Å². The number of hydrogen-bond donors (Lipinski definition) is 2. The van der Waals surface area contributed by atoms with Crippen LogP contribution in [0, 0.1) is 0 Å². The number of nitrogens with one attached hydrogen (secondary N) is 1. The van der Waals surface area contributed by atoms with E-state index in [0.29, 0.717) is 13.0 Å². The lowest BCUT2D eigenvalue weighted by Gasteiger charge is -2.26. The molecule has 0 saturated heterocycles. The van der Waals surface area contributed by atoms with Crippen LogP contribution in [0.5, 0.6) is 5.75 Å². The van der Waals surface area contributed by atoms with E-state index in [2.05, 4.69) is 20.5 Å². The predicted molar refractivity (Wildman–Crippen MR) is 72.2 cm³/mol. The third kappa shape index (κ3) is 2.74. The van der Waals surface area contributed by atoms with E-state index < -0.39 is 17.7 Å². The van der Waals surface area contributed by atoms with Crippen molar-refractivity contribution in [3.05, 3.63) is 35.5 Å². The van der Waals surface area contributed by atoms with E-state index >= 15 is 0 Å². The summed E-state index contributed by atoms with van der Waals surface area (Å²) >= 11 is 0. The Hall–Kier alpha value is -2.58. The number of fused-ring (bicyclic) bond motifs is 1. The average molecular weight is 311 g/mol. The molecule has 1 aliphatic rings. The fraction of sp³-hybridized carbons (Fsp3) is 0.308. The summed E-state index contributed by atoms with van der Waals surface area (Å²) in [5.74, 6) is -0.0309. The van der Waals surface area contributed by atoms with Gasteiger partial charge in [0, 0.05) is 12.0 Å². The molecule has 6 nitrogen and oxygen atoms in total. The number of anilines is 2. The van der Waals surface area contributed by atoms with Crippen LogP contribution in [0.2, 0.25) is 0 Å². The molecule has 2 heterocycles. The van der Waals surface area contributed by atoms with Gasteiger partial charge < -0.3 is 15.8 Å². The van der Waals surface area contributed by atoms with E-state index in [9.17, 15) is 13.2 Å². The summed E-state index contributed by atoms with van der Waals surface area (Å²) in [5.41, 5.74) is 4.91. The smallest absolute Gasteiger partial charge is 0.438 e. The van der Waals surface area contributed by atoms with Crippen LogP contribution in [-0.2, 0) is 6.18 Å². The van der Waals surface area contributed by atoms with E-state index in [1.54, 1.807) is 0 Å². The minimum absolute atomic E-state index is 0.0489. The molecule has 9 heteroatoms. The third-order valence-electron chi connectivity index (χ3n) is 3.24. The second-order valence-corrected chi connectivity index (χ2v) is 4.74. The summed E-state index contributed by atoms with van der Waals surface area (Å²) < 4.78 is 43.2. The minimum Gasteiger partial charge on any atom is -0.493 e. The van der Waals surface area contributed by atoms with E-state index in [1.165, 1.54) is 0 Å². The Labute approximate surface area is 123 Å². The van der Waals surface area contributed by atoms with Gasteiger partial charge in [-0.15, -0.1) is 10.2 Å². The molecule has 0 aliphatic carbocycles. The SMILES string of the molecule is Nc1nc(NC2CCOc3ccccc32)nnc1C(F)(F)F. The van der Waals surface area contributed by atoms with Gasteiger partial charge in [-0.3, -0.25) is 0 Å². The van der Waals surface area contributed by atoms with Gasteiger partial charge in [-0.05, 0) is 6.07 Å². The average Bonchev–Trinajstić information content (AvgIpc) is 2.46. The van der Waals surface area contributed by atoms with Crippen molar-refractivity contribution in [1.82, 2.24) is 15.2 Å². The number of nitrogens with two attached hydrogens (primary N) is 1. The molecule has 0 amide bonds. The largest absolute Gasteiger partial charge is 0.493 e. The lowest BCUT2D eigenvalue weighted by Crippen LogP contribution is -2.22. The van der Waals surface area contributed by atoms with E-state index in [1.807, 2.05) is 24.3 Å². The van der Waals surface area contributed by atoms with Crippen molar-refractivity contribution in [2.75, 3.05) is 17.7 Å². The van der Waals surface area contributed by atoms with Gasteiger partial charge in [0.1, 0.15) is 5.75 Å². The molecular formula is C13H12F3N5O. The minimum atomic E-state index is -4.67. The predicted octanol–water partition coefficient (Wildman–Crippen LogP) is 2.41. The molecule has 0 fully saturated rings. The molecule has 116 valence electrons. The maximum atomic E-state index is 12.6. The van der Waals surface area contributed by atoms with Crippen LogP contribution in [0.15, 0.2) is 24.3 Å². The summed E-state index contributed by atoms with van der Waals surface area (Å²) in [6.07, 6.45) is -4.05. The fourth-order valence-corrected chi connectivity index (χ4v) is 2.25. The first kappa shape index (κ1) is 14.4. The highest BCUT2D eigenvalue weighted by molar-refractivity contribution is 5.45. The molecule has 22 heavy (non-hydrogen) atoms. The fourth-order valence-electron chi connectivity index (χ4n) is 2.25. The Balaban J connectivity index is 1.84. The Kier molecular flexibility index (Phi) is 3.47. The summed E-state index contributed by atoms with van der Waals surface area (Å²) in [5, 5.41) is 9.52. The van der Waals surface area contributed by atoms with E-state index in [0.717, 1.165) is 11.3 Å². The molecule has 1 aromatic heterocycles. The van der Waals surface area contributed by atoms with Gasteiger partial charge >= 0.3 is 6.18 Å². The van der Waals surface area contributed by atoms with E-state index in [4.69, 9.17) is 10.5 Å². The van der Waals surface area contributed by atoms with Gasteiger partial charge in [0.05, 0.1) is 12.6 Å². The highest BCUT2D eigenvalue weighted by Crippen LogP contribution is 2.34. The quantitative estimate of drug-likeness (QED) is 0.886. The summed E-state index contributed by atoms with van der Waals surface area (Å²) in [6.45, 7) is 0.484. The number of alkyl halides is 3. The van der Waals surface area contributed by atoms with Gasteiger partial charge in [0.2, 0.25) is 11.6 Å². The maximum absolute atomic E-state index is 12.6. The van der Waals surface area contributed by atoms with Crippen LogP contribution >= 0.6 is 0 Å². The maximum Gasteiger partial charge on any atom is 0.438 e. The lowest BCUT2D eigenvalue weighted by atomic mass is 10.0. The molecule has 1 aromatic carbocycles. The van der Waals surface area contributed by atoms with Crippen molar-refractivity contribution in [3.63, 3.8) is 0 Å². The first-order valence-corrected chi connectivity index (χ1v) is 6.51. The Morgan fingerprint density at radius 2 is 2.00 bits per heavy atom. The van der Waals surface area contributed by atoms with Crippen molar-refractivity contribution in [2.45, 2.75) is 18.6 Å².